The molecule has 0 radical (unpaired) electrons. The van der Waals surface area contributed by atoms with Crippen LogP contribution in [-0.4, -0.2) is 51.3 Å². The van der Waals surface area contributed by atoms with E-state index < -0.39 is 47.9 Å². The highest BCUT2D eigenvalue weighted by Crippen LogP contribution is 2.43. The van der Waals surface area contributed by atoms with Gasteiger partial charge in [0.1, 0.15) is 11.9 Å². The molecule has 1 saturated heterocycles. The molecule has 1 aromatic carbocycles. The van der Waals surface area contributed by atoms with Gasteiger partial charge in [-0.1, -0.05) is 18.2 Å². The topological polar surface area (TPSA) is 148 Å². The predicted octanol–water partition coefficient (Wildman–Crippen LogP) is 4.74. The predicted molar refractivity (Wildman–Crippen MR) is 142 cm³/mol. The molecule has 0 spiro atoms. The van der Waals surface area contributed by atoms with Crippen LogP contribution in [0, 0.1) is 11.6 Å². The number of aromatic nitrogens is 2. The van der Waals surface area contributed by atoms with Crippen molar-refractivity contribution in [1.82, 2.24) is 14.9 Å². The molecule has 10 nitrogen and oxygen atoms in total. The fourth-order valence-electron chi connectivity index (χ4n) is 5.69. The Morgan fingerprint density at radius 3 is 2.40 bits per heavy atom. The monoisotopic (exact) mass is 552 g/mol. The molecular formula is C28H30F2N6O4. The van der Waals surface area contributed by atoms with Gasteiger partial charge >= 0.3 is 12.2 Å². The lowest BCUT2D eigenvalue weighted by molar-refractivity contribution is 0.0496. The van der Waals surface area contributed by atoms with Crippen molar-refractivity contribution in [2.75, 3.05) is 23.7 Å². The summed E-state index contributed by atoms with van der Waals surface area (Å²) in [6.45, 7) is 0.539. The number of anilines is 2. The molecular weight excluding hydrogens is 522 g/mol. The average Bonchev–Trinajstić information content (AvgIpc) is 3.08. The first-order chi connectivity index (χ1) is 19.3. The van der Waals surface area contributed by atoms with Crippen LogP contribution in [-0.2, 0) is 4.74 Å². The Morgan fingerprint density at radius 1 is 0.975 bits per heavy atom. The van der Waals surface area contributed by atoms with Crippen LogP contribution in [0.5, 0.6) is 0 Å². The van der Waals surface area contributed by atoms with Crippen molar-refractivity contribution < 1.29 is 28.2 Å². The highest BCUT2D eigenvalue weighted by molar-refractivity contribution is 5.90. The van der Waals surface area contributed by atoms with Gasteiger partial charge in [-0.15, -0.1) is 0 Å². The summed E-state index contributed by atoms with van der Waals surface area (Å²) in [5.41, 5.74) is 14.0. The van der Waals surface area contributed by atoms with Gasteiger partial charge in [0.2, 0.25) is 0 Å². The lowest BCUT2D eigenvalue weighted by Gasteiger charge is -2.37. The van der Waals surface area contributed by atoms with Gasteiger partial charge in [0.05, 0.1) is 11.4 Å². The molecule has 12 heteroatoms. The Labute approximate surface area is 229 Å². The van der Waals surface area contributed by atoms with Gasteiger partial charge in [-0.25, -0.2) is 23.4 Å². The van der Waals surface area contributed by atoms with Crippen molar-refractivity contribution in [2.24, 2.45) is 5.73 Å². The Bertz CT molecular complexity index is 1400. The molecule has 210 valence electrons. The number of carbonyl (C=O) groups excluding carboxylic acids is 1. The number of likely N-dealkylation sites (tertiary alicyclic amines) is 1. The van der Waals surface area contributed by atoms with Gasteiger partial charge in [0.15, 0.2) is 11.6 Å². The number of carbonyl (C=O) groups is 2. The number of hydrogen-bond acceptors (Lipinski definition) is 7. The van der Waals surface area contributed by atoms with Crippen LogP contribution in [0.15, 0.2) is 54.9 Å². The number of carboxylic acid groups (broad SMARTS) is 1. The van der Waals surface area contributed by atoms with Crippen molar-refractivity contribution in [3.63, 3.8) is 0 Å². The summed E-state index contributed by atoms with van der Waals surface area (Å²) in [5, 5.41) is 9.85. The number of fused-ring (bicyclic) bond motifs is 1. The summed E-state index contributed by atoms with van der Waals surface area (Å²) in [5.74, 6) is -2.31. The normalized spacial score (nSPS) is 21.3. The quantitative estimate of drug-likeness (QED) is 0.393. The molecule has 3 aromatic rings. The molecule has 0 bridgehead atoms. The van der Waals surface area contributed by atoms with Gasteiger partial charge in [0, 0.05) is 43.5 Å². The number of hydrogen-bond donors (Lipinski definition) is 3. The number of nitrogens with zero attached hydrogens (tertiary/aromatic N) is 4. The van der Waals surface area contributed by atoms with E-state index in [4.69, 9.17) is 16.2 Å². The Morgan fingerprint density at radius 2 is 1.68 bits per heavy atom. The van der Waals surface area contributed by atoms with E-state index in [2.05, 4.69) is 9.97 Å². The van der Waals surface area contributed by atoms with E-state index in [-0.39, 0.29) is 24.5 Å². The highest BCUT2D eigenvalue weighted by atomic mass is 19.2. The van der Waals surface area contributed by atoms with Gasteiger partial charge in [0.25, 0.3) is 0 Å². The van der Waals surface area contributed by atoms with E-state index in [1.54, 1.807) is 30.5 Å². The zero-order valence-electron chi connectivity index (χ0n) is 21.6. The summed E-state index contributed by atoms with van der Waals surface area (Å²) in [4.78, 5) is 36.4. The third kappa shape index (κ3) is 5.26. The van der Waals surface area contributed by atoms with Crippen molar-refractivity contribution in [3.8, 4) is 0 Å². The minimum absolute atomic E-state index is 0.112. The summed E-state index contributed by atoms with van der Waals surface area (Å²) >= 11 is 0. The molecule has 5 N–H and O–H groups in total. The molecule has 1 aliphatic carbocycles. The number of nitrogen functional groups attached to an aromatic ring is 1. The molecule has 0 saturated carbocycles. The van der Waals surface area contributed by atoms with E-state index in [0.717, 1.165) is 6.07 Å². The number of halogens is 2. The van der Waals surface area contributed by atoms with Crippen LogP contribution in [0.4, 0.5) is 29.9 Å². The van der Waals surface area contributed by atoms with Gasteiger partial charge in [-0.05, 0) is 61.1 Å². The second-order valence-electron chi connectivity index (χ2n) is 9.98. The van der Waals surface area contributed by atoms with Crippen LogP contribution >= 0.6 is 0 Å². The lowest BCUT2D eigenvalue weighted by atomic mass is 9.86. The molecule has 1 aliphatic heterocycles. The second kappa shape index (κ2) is 11.4. The van der Waals surface area contributed by atoms with Crippen molar-refractivity contribution in [2.45, 2.75) is 49.8 Å². The Balaban J connectivity index is 1.29. The second-order valence-corrected chi connectivity index (χ2v) is 9.98. The van der Waals surface area contributed by atoms with Crippen LogP contribution in [0.1, 0.15) is 60.6 Å². The van der Waals surface area contributed by atoms with Crippen molar-refractivity contribution in [3.05, 3.63) is 83.3 Å². The third-order valence-corrected chi connectivity index (χ3v) is 7.70. The Hall–Kier alpha value is -4.32. The van der Waals surface area contributed by atoms with E-state index >= 15 is 0 Å². The van der Waals surface area contributed by atoms with Crippen LogP contribution in [0.3, 0.4) is 0 Å². The Kier molecular flexibility index (Phi) is 7.78. The van der Waals surface area contributed by atoms with Crippen LogP contribution in [0.25, 0.3) is 0 Å². The molecule has 40 heavy (non-hydrogen) atoms. The van der Waals surface area contributed by atoms with E-state index in [1.165, 1.54) is 28.1 Å². The van der Waals surface area contributed by atoms with Gasteiger partial charge in [-0.2, -0.15) is 0 Å². The molecule has 5 rings (SSSR count). The lowest BCUT2D eigenvalue weighted by Crippen LogP contribution is -2.49. The number of ether oxygens (including phenoxy) is 1. The minimum Gasteiger partial charge on any atom is -0.465 e. The standard InChI is InChI=1S/C28H30F2N6O4/c29-20-6-1-4-17(23(20)30)18-8-9-22(25-19(24(18)31)5-2-12-33-25)40-28(39)35-14-10-16(11-15-35)36(27(37)38)21-7-3-13-34-26(21)32/h1-7,12-13,16,18,22,24H,8-11,14-15,31H2,(H2,32,34)(H,37,38)/t18-,22+,24-/m0/s1. The zero-order chi connectivity index (χ0) is 28.4. The van der Waals surface area contributed by atoms with Gasteiger partial charge in [-0.3, -0.25) is 9.88 Å². The number of rotatable bonds is 4. The number of benzene rings is 1. The van der Waals surface area contributed by atoms with Crippen molar-refractivity contribution in [1.29, 1.82) is 0 Å². The largest absolute Gasteiger partial charge is 0.465 e. The zero-order valence-corrected chi connectivity index (χ0v) is 21.6. The fourth-order valence-corrected chi connectivity index (χ4v) is 5.69. The molecule has 1 fully saturated rings. The molecule has 0 unspecified atom stereocenters. The SMILES string of the molecule is Nc1ncccc1N(C(=O)O)C1CCN(C(=O)O[C@@H]2CC[C@@H](c3cccc(F)c3F)[C@H](N)c3cccnc32)CC1. The first-order valence-corrected chi connectivity index (χ1v) is 13.1. The molecule has 2 aliphatic rings. The van der Waals surface area contributed by atoms with E-state index in [9.17, 15) is 23.5 Å². The smallest absolute Gasteiger partial charge is 0.412 e. The summed E-state index contributed by atoms with van der Waals surface area (Å²) < 4.78 is 34.6. The first kappa shape index (κ1) is 27.3. The summed E-state index contributed by atoms with van der Waals surface area (Å²) in [7, 11) is 0. The first-order valence-electron chi connectivity index (χ1n) is 13.1. The van der Waals surface area contributed by atoms with Crippen LogP contribution in [0.2, 0.25) is 0 Å². The van der Waals surface area contributed by atoms with E-state index in [1.807, 2.05) is 0 Å². The van der Waals surface area contributed by atoms with Crippen LogP contribution < -0.4 is 16.4 Å². The summed E-state index contributed by atoms with van der Waals surface area (Å²) in [6.07, 6.45) is 2.02. The summed E-state index contributed by atoms with van der Waals surface area (Å²) in [6, 6.07) is 9.64. The third-order valence-electron chi connectivity index (χ3n) is 7.70. The molecule has 3 atom stereocenters. The maximum absolute atomic E-state index is 14.7. The molecule has 2 amide bonds. The minimum atomic E-state index is -1.15. The fraction of sp³-hybridized carbons (Fsp3) is 0.357. The average molecular weight is 553 g/mol. The van der Waals surface area contributed by atoms with Crippen molar-refractivity contribution >= 4 is 23.7 Å². The highest BCUT2D eigenvalue weighted by Gasteiger charge is 2.37. The van der Waals surface area contributed by atoms with Gasteiger partial charge < -0.3 is 26.2 Å². The molecule has 2 aromatic heterocycles. The maximum Gasteiger partial charge on any atom is 0.412 e. The number of amides is 2. The number of piperidine rings is 1. The number of nitrogens with two attached hydrogens (primary N) is 2. The number of pyridine rings is 2. The van der Waals surface area contributed by atoms with E-state index in [0.29, 0.717) is 42.6 Å². The molecule has 3 heterocycles. The maximum atomic E-state index is 14.7.